The minimum Gasteiger partial charge on any atom is -0.321 e. The van der Waals surface area contributed by atoms with E-state index in [4.69, 9.17) is 4.52 Å². The Bertz CT molecular complexity index is 239. The van der Waals surface area contributed by atoms with Crippen LogP contribution >= 0.6 is 18.0 Å². The molecular weight excluding hydrogens is 253 g/mol. The highest BCUT2D eigenvalue weighted by Crippen LogP contribution is 2.58. The predicted molar refractivity (Wildman–Crippen MR) is 79.2 cm³/mol. The molecule has 3 nitrogen and oxygen atoms in total. The molecule has 0 aromatic rings. The van der Waals surface area contributed by atoms with Gasteiger partial charge in [-0.1, -0.05) is 18.3 Å². The van der Waals surface area contributed by atoms with E-state index in [0.717, 1.165) is 12.3 Å². The fraction of sp³-hybridized carbons (Fsp3) is 1.00. The molecule has 0 saturated carbocycles. The van der Waals surface area contributed by atoms with Gasteiger partial charge >= 0.3 is 0 Å². The molecular formula is C12H28NO2PS. The Morgan fingerprint density at radius 1 is 1.18 bits per heavy atom. The second-order valence-electron chi connectivity index (χ2n) is 4.60. The van der Waals surface area contributed by atoms with Crippen LogP contribution in [-0.4, -0.2) is 42.0 Å². The summed E-state index contributed by atoms with van der Waals surface area (Å²) >= 11 is 1.50. The maximum atomic E-state index is 12.2. The summed E-state index contributed by atoms with van der Waals surface area (Å²) in [7, 11) is 0. The van der Waals surface area contributed by atoms with Crippen LogP contribution in [0.1, 0.15) is 41.5 Å². The summed E-state index contributed by atoms with van der Waals surface area (Å²) in [5, 5.41) is 0. The molecule has 0 amide bonds. The van der Waals surface area contributed by atoms with Crippen molar-refractivity contribution in [1.29, 1.82) is 0 Å². The van der Waals surface area contributed by atoms with Crippen LogP contribution in [0.5, 0.6) is 0 Å². The first-order valence-corrected chi connectivity index (χ1v) is 9.90. The fourth-order valence-corrected chi connectivity index (χ4v) is 5.39. The van der Waals surface area contributed by atoms with Gasteiger partial charge in [-0.3, -0.25) is 9.46 Å². The van der Waals surface area contributed by atoms with Crippen molar-refractivity contribution in [2.75, 3.05) is 25.1 Å². The SMILES string of the molecule is CCOP(=O)(CC)SCCN(C(C)C)C(C)C. The average Bonchev–Trinajstić information content (AvgIpc) is 2.23. The Balaban J connectivity index is 4.15. The minimum absolute atomic E-state index is 0.531. The first-order valence-electron chi connectivity index (χ1n) is 6.50. The van der Waals surface area contributed by atoms with Crippen LogP contribution in [0, 0.1) is 0 Å². The monoisotopic (exact) mass is 281 g/mol. The second-order valence-corrected chi connectivity index (χ2v) is 9.83. The molecule has 0 aliphatic carbocycles. The van der Waals surface area contributed by atoms with E-state index in [2.05, 4.69) is 32.6 Å². The van der Waals surface area contributed by atoms with Gasteiger partial charge in [-0.25, -0.2) is 0 Å². The van der Waals surface area contributed by atoms with Crippen LogP contribution in [-0.2, 0) is 9.09 Å². The zero-order valence-electron chi connectivity index (χ0n) is 12.1. The quantitative estimate of drug-likeness (QED) is 0.595. The van der Waals surface area contributed by atoms with Gasteiger partial charge in [0.2, 0.25) is 0 Å². The van der Waals surface area contributed by atoms with E-state index in [-0.39, 0.29) is 0 Å². The molecule has 0 aliphatic rings. The third-order valence-corrected chi connectivity index (χ3v) is 7.68. The molecule has 0 saturated heterocycles. The highest BCUT2D eigenvalue weighted by atomic mass is 32.7. The van der Waals surface area contributed by atoms with E-state index in [1.54, 1.807) is 0 Å². The number of rotatable bonds is 9. The van der Waals surface area contributed by atoms with Gasteiger partial charge in [0.15, 0.2) is 0 Å². The predicted octanol–water partition coefficient (Wildman–Crippen LogP) is 4.09. The lowest BCUT2D eigenvalue weighted by atomic mass is 10.2. The Labute approximate surface area is 111 Å². The molecule has 0 rings (SSSR count). The molecule has 0 aromatic heterocycles. The van der Waals surface area contributed by atoms with Crippen LogP contribution in [0.15, 0.2) is 0 Å². The van der Waals surface area contributed by atoms with Gasteiger partial charge in [0.05, 0.1) is 6.61 Å². The lowest BCUT2D eigenvalue weighted by Crippen LogP contribution is -2.38. The summed E-state index contributed by atoms with van der Waals surface area (Å²) in [5.41, 5.74) is 0. The van der Waals surface area contributed by atoms with Crippen LogP contribution < -0.4 is 0 Å². The van der Waals surface area contributed by atoms with Crippen molar-refractivity contribution in [1.82, 2.24) is 4.90 Å². The van der Waals surface area contributed by atoms with Crippen molar-refractivity contribution in [3.8, 4) is 0 Å². The third kappa shape index (κ3) is 6.85. The molecule has 1 unspecified atom stereocenters. The molecule has 1 atom stereocenters. The second kappa shape index (κ2) is 8.58. The lowest BCUT2D eigenvalue weighted by molar-refractivity contribution is 0.187. The van der Waals surface area contributed by atoms with Crippen molar-refractivity contribution in [3.63, 3.8) is 0 Å². The molecule has 104 valence electrons. The van der Waals surface area contributed by atoms with E-state index in [1.807, 2.05) is 13.8 Å². The average molecular weight is 281 g/mol. The van der Waals surface area contributed by atoms with Gasteiger partial charge in [-0.2, -0.15) is 0 Å². The van der Waals surface area contributed by atoms with Gasteiger partial charge in [0, 0.05) is 30.5 Å². The number of hydrogen-bond donors (Lipinski definition) is 0. The first kappa shape index (κ1) is 17.5. The largest absolute Gasteiger partial charge is 0.321 e. The van der Waals surface area contributed by atoms with Crippen LogP contribution in [0.3, 0.4) is 0 Å². The Hall–Kier alpha value is 0.500. The van der Waals surface area contributed by atoms with Crippen LogP contribution in [0.4, 0.5) is 0 Å². The number of hydrogen-bond acceptors (Lipinski definition) is 4. The highest BCUT2D eigenvalue weighted by molar-refractivity contribution is 8.56. The van der Waals surface area contributed by atoms with E-state index < -0.39 is 6.57 Å². The summed E-state index contributed by atoms with van der Waals surface area (Å²) in [6, 6.07) is 1.06. The van der Waals surface area contributed by atoms with Crippen molar-refractivity contribution < 1.29 is 9.09 Å². The molecule has 0 aliphatic heterocycles. The molecule has 0 heterocycles. The molecule has 0 radical (unpaired) electrons. The fourth-order valence-electron chi connectivity index (χ4n) is 1.81. The van der Waals surface area contributed by atoms with E-state index >= 15 is 0 Å². The van der Waals surface area contributed by atoms with Crippen molar-refractivity contribution in [2.45, 2.75) is 53.6 Å². The van der Waals surface area contributed by atoms with E-state index in [9.17, 15) is 4.57 Å². The zero-order valence-corrected chi connectivity index (χ0v) is 13.8. The Morgan fingerprint density at radius 2 is 1.71 bits per heavy atom. The number of nitrogens with zero attached hydrogens (tertiary/aromatic N) is 1. The van der Waals surface area contributed by atoms with Gasteiger partial charge in [-0.15, -0.1) is 0 Å². The Morgan fingerprint density at radius 3 is 2.06 bits per heavy atom. The maximum Gasteiger partial charge on any atom is 0.257 e. The van der Waals surface area contributed by atoms with Crippen molar-refractivity contribution >= 4 is 18.0 Å². The molecule has 0 N–H and O–H groups in total. The van der Waals surface area contributed by atoms with E-state index in [0.29, 0.717) is 24.9 Å². The van der Waals surface area contributed by atoms with Crippen molar-refractivity contribution in [3.05, 3.63) is 0 Å². The lowest BCUT2D eigenvalue weighted by Gasteiger charge is -2.30. The smallest absolute Gasteiger partial charge is 0.257 e. The molecule has 17 heavy (non-hydrogen) atoms. The standard InChI is InChI=1S/C12H28NO2PS/c1-7-15-16(14,8-2)17-10-9-13(11(3)4)12(5)6/h11-12H,7-10H2,1-6H3. The molecule has 5 heteroatoms. The topological polar surface area (TPSA) is 29.5 Å². The molecule has 0 bridgehead atoms. The van der Waals surface area contributed by atoms with E-state index in [1.165, 1.54) is 11.4 Å². The highest BCUT2D eigenvalue weighted by Gasteiger charge is 2.21. The summed E-state index contributed by atoms with van der Waals surface area (Å²) in [6.07, 6.45) is 0.620. The van der Waals surface area contributed by atoms with Crippen LogP contribution in [0.2, 0.25) is 0 Å². The van der Waals surface area contributed by atoms with Crippen molar-refractivity contribution in [2.24, 2.45) is 0 Å². The zero-order chi connectivity index (χ0) is 13.5. The van der Waals surface area contributed by atoms with Gasteiger partial charge in [0.25, 0.3) is 6.57 Å². The normalized spacial score (nSPS) is 15.8. The summed E-state index contributed by atoms with van der Waals surface area (Å²) in [6.45, 7) is 11.7. The Kier molecular flexibility index (Phi) is 8.83. The summed E-state index contributed by atoms with van der Waals surface area (Å²) in [4.78, 5) is 2.42. The molecule has 0 aromatic carbocycles. The molecule has 0 spiro atoms. The van der Waals surface area contributed by atoms with Gasteiger partial charge < -0.3 is 4.52 Å². The maximum absolute atomic E-state index is 12.2. The van der Waals surface area contributed by atoms with Gasteiger partial charge in [0.1, 0.15) is 0 Å². The third-order valence-electron chi connectivity index (χ3n) is 2.68. The first-order chi connectivity index (χ1) is 7.86. The van der Waals surface area contributed by atoms with Gasteiger partial charge in [-0.05, 0) is 34.6 Å². The minimum atomic E-state index is -2.43. The molecule has 0 fully saturated rings. The van der Waals surface area contributed by atoms with Crippen LogP contribution in [0.25, 0.3) is 0 Å². The summed E-state index contributed by atoms with van der Waals surface area (Å²) < 4.78 is 17.6. The summed E-state index contributed by atoms with van der Waals surface area (Å²) in [5.74, 6) is 0.876.